The Morgan fingerprint density at radius 2 is 1.88 bits per heavy atom. The Morgan fingerprint density at radius 3 is 2.54 bits per heavy atom. The van der Waals surface area contributed by atoms with Crippen molar-refractivity contribution in [3.63, 3.8) is 0 Å². The molecule has 0 aromatic carbocycles. The van der Waals surface area contributed by atoms with E-state index < -0.39 is 0 Å². The molecule has 0 radical (unpaired) electrons. The standard InChI is InChI=1S/C18H29FN4O/c1-24-14-13-21-7-4-16(5-8-21)15-22-9-11-23(12-10-22)18-17(19)3-2-6-20-18/h2-3,6,16H,4-5,7-15H2,1H3. The van der Waals surface area contributed by atoms with Gasteiger partial charge in [-0.1, -0.05) is 0 Å². The monoisotopic (exact) mass is 336 g/mol. The average molecular weight is 336 g/mol. The number of hydrogen-bond acceptors (Lipinski definition) is 5. The molecule has 0 aliphatic carbocycles. The van der Waals surface area contributed by atoms with Crippen molar-refractivity contribution >= 4 is 5.82 Å². The van der Waals surface area contributed by atoms with Crippen LogP contribution in [0, 0.1) is 11.7 Å². The summed E-state index contributed by atoms with van der Waals surface area (Å²) in [6.45, 7) is 9.16. The van der Waals surface area contributed by atoms with E-state index in [4.69, 9.17) is 4.74 Å². The van der Waals surface area contributed by atoms with Crippen molar-refractivity contribution in [3.05, 3.63) is 24.1 Å². The second-order valence-electron chi connectivity index (χ2n) is 6.87. The fraction of sp³-hybridized carbons (Fsp3) is 0.722. The highest BCUT2D eigenvalue weighted by molar-refractivity contribution is 5.40. The number of methoxy groups -OCH3 is 1. The highest BCUT2D eigenvalue weighted by Gasteiger charge is 2.24. The predicted molar refractivity (Wildman–Crippen MR) is 93.9 cm³/mol. The average Bonchev–Trinajstić information content (AvgIpc) is 2.62. The highest BCUT2D eigenvalue weighted by atomic mass is 19.1. The molecule has 0 spiro atoms. The first-order chi connectivity index (χ1) is 11.8. The number of hydrogen-bond donors (Lipinski definition) is 0. The zero-order chi connectivity index (χ0) is 16.8. The van der Waals surface area contributed by atoms with Crippen LogP contribution in [0.4, 0.5) is 10.2 Å². The van der Waals surface area contributed by atoms with E-state index in [2.05, 4.69) is 19.7 Å². The molecule has 5 nitrogen and oxygen atoms in total. The van der Waals surface area contributed by atoms with E-state index in [-0.39, 0.29) is 5.82 Å². The topological polar surface area (TPSA) is 31.8 Å². The van der Waals surface area contributed by atoms with Crippen LogP contribution in [-0.2, 0) is 4.74 Å². The molecule has 1 aromatic rings. The fourth-order valence-electron chi connectivity index (χ4n) is 3.73. The Morgan fingerprint density at radius 1 is 1.12 bits per heavy atom. The summed E-state index contributed by atoms with van der Waals surface area (Å²) in [7, 11) is 1.77. The van der Waals surface area contributed by atoms with Gasteiger partial charge in [-0.05, 0) is 44.0 Å². The molecule has 2 fully saturated rings. The lowest BCUT2D eigenvalue weighted by atomic mass is 9.96. The number of halogens is 1. The van der Waals surface area contributed by atoms with Gasteiger partial charge < -0.3 is 14.5 Å². The number of rotatable bonds is 6. The summed E-state index contributed by atoms with van der Waals surface area (Å²) in [5.74, 6) is 1.08. The molecular weight excluding hydrogens is 307 g/mol. The third kappa shape index (κ3) is 4.65. The van der Waals surface area contributed by atoms with E-state index in [1.807, 2.05) is 0 Å². The molecule has 0 saturated carbocycles. The lowest BCUT2D eigenvalue weighted by molar-refractivity contribution is 0.105. The molecule has 134 valence electrons. The fourth-order valence-corrected chi connectivity index (χ4v) is 3.73. The minimum Gasteiger partial charge on any atom is -0.383 e. The Balaban J connectivity index is 1.39. The third-order valence-electron chi connectivity index (χ3n) is 5.25. The molecule has 2 saturated heterocycles. The Labute approximate surface area is 144 Å². The van der Waals surface area contributed by atoms with E-state index in [9.17, 15) is 4.39 Å². The first-order valence-electron chi connectivity index (χ1n) is 9.05. The van der Waals surface area contributed by atoms with Crippen LogP contribution >= 0.6 is 0 Å². The Kier molecular flexibility index (Phi) is 6.40. The number of likely N-dealkylation sites (tertiary alicyclic amines) is 1. The zero-order valence-electron chi connectivity index (χ0n) is 14.7. The Bertz CT molecular complexity index is 500. The molecule has 0 atom stereocenters. The van der Waals surface area contributed by atoms with Crippen molar-refractivity contribution in [2.75, 3.05) is 71.0 Å². The summed E-state index contributed by atoms with van der Waals surface area (Å²) in [4.78, 5) is 11.3. The van der Waals surface area contributed by atoms with Gasteiger partial charge in [-0.2, -0.15) is 0 Å². The van der Waals surface area contributed by atoms with Crippen molar-refractivity contribution in [1.29, 1.82) is 0 Å². The molecule has 0 N–H and O–H groups in total. The van der Waals surface area contributed by atoms with Crippen molar-refractivity contribution in [3.8, 4) is 0 Å². The number of anilines is 1. The van der Waals surface area contributed by atoms with Gasteiger partial charge in [0.1, 0.15) is 0 Å². The van der Waals surface area contributed by atoms with Crippen LogP contribution < -0.4 is 4.90 Å². The smallest absolute Gasteiger partial charge is 0.165 e. The Hall–Kier alpha value is -1.24. The number of piperidine rings is 1. The van der Waals surface area contributed by atoms with Gasteiger partial charge >= 0.3 is 0 Å². The van der Waals surface area contributed by atoms with Crippen molar-refractivity contribution < 1.29 is 9.13 Å². The van der Waals surface area contributed by atoms with Crippen LogP contribution in [0.3, 0.4) is 0 Å². The molecule has 2 aliphatic rings. The summed E-state index contributed by atoms with van der Waals surface area (Å²) >= 11 is 0. The zero-order valence-corrected chi connectivity index (χ0v) is 14.7. The summed E-state index contributed by atoms with van der Waals surface area (Å²) in [5, 5.41) is 0. The van der Waals surface area contributed by atoms with Crippen molar-refractivity contribution in [2.24, 2.45) is 5.92 Å². The molecule has 3 heterocycles. The van der Waals surface area contributed by atoms with Crippen LogP contribution in [0.15, 0.2) is 18.3 Å². The second-order valence-corrected chi connectivity index (χ2v) is 6.87. The number of pyridine rings is 1. The van der Waals surface area contributed by atoms with Crippen LogP contribution in [0.1, 0.15) is 12.8 Å². The van der Waals surface area contributed by atoms with Crippen molar-refractivity contribution in [2.45, 2.75) is 12.8 Å². The normalized spacial score (nSPS) is 21.3. The van der Waals surface area contributed by atoms with Gasteiger partial charge in [0.2, 0.25) is 0 Å². The number of nitrogens with zero attached hydrogens (tertiary/aromatic N) is 4. The first kappa shape index (κ1) is 17.6. The van der Waals surface area contributed by atoms with E-state index >= 15 is 0 Å². The third-order valence-corrected chi connectivity index (χ3v) is 5.25. The number of ether oxygens (including phenoxy) is 1. The number of aromatic nitrogens is 1. The molecule has 0 amide bonds. The molecule has 2 aliphatic heterocycles. The summed E-state index contributed by atoms with van der Waals surface area (Å²) < 4.78 is 19.0. The van der Waals surface area contributed by atoms with Gasteiger partial charge in [0.15, 0.2) is 11.6 Å². The van der Waals surface area contributed by atoms with Gasteiger partial charge in [-0.15, -0.1) is 0 Å². The van der Waals surface area contributed by atoms with E-state index in [0.717, 1.165) is 45.2 Å². The largest absolute Gasteiger partial charge is 0.383 e. The SMILES string of the molecule is COCCN1CCC(CN2CCN(c3ncccc3F)CC2)CC1. The predicted octanol–water partition coefficient (Wildman–Crippen LogP) is 1.70. The summed E-state index contributed by atoms with van der Waals surface area (Å²) in [6, 6.07) is 3.14. The molecule has 24 heavy (non-hydrogen) atoms. The molecule has 3 rings (SSSR count). The lowest BCUT2D eigenvalue weighted by Gasteiger charge is -2.39. The van der Waals surface area contributed by atoms with Crippen LogP contribution in [-0.4, -0.2) is 80.9 Å². The highest BCUT2D eigenvalue weighted by Crippen LogP contribution is 2.21. The summed E-state index contributed by atoms with van der Waals surface area (Å²) in [5.41, 5.74) is 0. The summed E-state index contributed by atoms with van der Waals surface area (Å²) in [6.07, 6.45) is 4.22. The maximum atomic E-state index is 13.8. The van der Waals surface area contributed by atoms with Crippen LogP contribution in [0.25, 0.3) is 0 Å². The van der Waals surface area contributed by atoms with Gasteiger partial charge in [-0.25, -0.2) is 9.37 Å². The molecule has 0 unspecified atom stereocenters. The first-order valence-corrected chi connectivity index (χ1v) is 9.05. The molecule has 6 heteroatoms. The second kappa shape index (κ2) is 8.74. The van der Waals surface area contributed by atoms with Gasteiger partial charge in [0, 0.05) is 52.6 Å². The maximum absolute atomic E-state index is 13.8. The maximum Gasteiger partial charge on any atom is 0.165 e. The van der Waals surface area contributed by atoms with Gasteiger partial charge in [-0.3, -0.25) is 4.90 Å². The number of piperazine rings is 1. The van der Waals surface area contributed by atoms with E-state index in [1.54, 1.807) is 19.4 Å². The minimum absolute atomic E-state index is 0.214. The van der Waals surface area contributed by atoms with Crippen LogP contribution in [0.2, 0.25) is 0 Å². The molecular formula is C18H29FN4O. The van der Waals surface area contributed by atoms with Gasteiger partial charge in [0.05, 0.1) is 6.61 Å². The molecule has 0 bridgehead atoms. The van der Waals surface area contributed by atoms with Gasteiger partial charge in [0.25, 0.3) is 0 Å². The van der Waals surface area contributed by atoms with E-state index in [1.165, 1.54) is 38.5 Å². The lowest BCUT2D eigenvalue weighted by Crippen LogP contribution is -2.49. The molecule has 1 aromatic heterocycles. The quantitative estimate of drug-likeness (QED) is 0.789. The minimum atomic E-state index is -0.214. The van der Waals surface area contributed by atoms with E-state index in [0.29, 0.717) is 5.82 Å². The van der Waals surface area contributed by atoms with Crippen molar-refractivity contribution in [1.82, 2.24) is 14.8 Å². The van der Waals surface area contributed by atoms with Crippen LogP contribution in [0.5, 0.6) is 0 Å².